The molecule has 2 saturated carbocycles. The van der Waals surface area contributed by atoms with Crippen molar-refractivity contribution in [3.8, 4) is 0 Å². The zero-order valence-corrected chi connectivity index (χ0v) is 24.4. The lowest BCUT2D eigenvalue weighted by atomic mass is 9.64. The maximum absolute atomic E-state index is 13.6. The van der Waals surface area contributed by atoms with E-state index in [1.807, 2.05) is 19.9 Å². The van der Waals surface area contributed by atoms with Gasteiger partial charge in [-0.15, -0.1) is 0 Å². The fraction of sp³-hybridized carbons (Fsp3) is 0.733. The molecule has 1 aromatic rings. The molecule has 0 aliphatic heterocycles. The van der Waals surface area contributed by atoms with Gasteiger partial charge in [-0.2, -0.15) is 0 Å². The molecule has 1 aromatic heterocycles. The Morgan fingerprint density at radius 1 is 1.05 bits per heavy atom. The second kappa shape index (κ2) is 14.0. The number of rotatable bonds is 10. The van der Waals surface area contributed by atoms with E-state index >= 15 is 0 Å². The third-order valence-electron chi connectivity index (χ3n) is 8.38. The fourth-order valence-corrected chi connectivity index (χ4v) is 6.15. The third-order valence-corrected chi connectivity index (χ3v) is 8.38. The van der Waals surface area contributed by atoms with E-state index in [-0.39, 0.29) is 17.7 Å². The lowest BCUT2D eigenvalue weighted by Crippen LogP contribution is -2.56. The van der Waals surface area contributed by atoms with E-state index < -0.39 is 23.8 Å². The van der Waals surface area contributed by atoms with E-state index in [1.165, 1.54) is 38.5 Å². The molecule has 0 unspecified atom stereocenters. The van der Waals surface area contributed by atoms with Gasteiger partial charge in [0.25, 0.3) is 0 Å². The van der Waals surface area contributed by atoms with Crippen molar-refractivity contribution in [3.63, 3.8) is 0 Å². The fourth-order valence-electron chi connectivity index (χ4n) is 6.15. The van der Waals surface area contributed by atoms with Gasteiger partial charge < -0.3 is 26.4 Å². The van der Waals surface area contributed by atoms with Gasteiger partial charge in [-0.3, -0.25) is 9.59 Å². The van der Waals surface area contributed by atoms with Gasteiger partial charge in [-0.1, -0.05) is 64.9 Å². The molecule has 0 saturated heterocycles. The number of hydrogen-bond acceptors (Lipinski definition) is 6. The molecule has 39 heavy (non-hydrogen) atoms. The minimum Gasteiger partial charge on any atom is -0.444 e. The molecule has 2 fully saturated rings. The largest absolute Gasteiger partial charge is 0.444 e. The normalized spacial score (nSPS) is 23.5. The van der Waals surface area contributed by atoms with Crippen LogP contribution < -0.4 is 21.7 Å². The Bertz CT molecular complexity index is 959. The molecule has 9 nitrogen and oxygen atoms in total. The molecule has 0 spiro atoms. The molecule has 6 atom stereocenters. The zero-order valence-electron chi connectivity index (χ0n) is 24.4. The molecule has 218 valence electrons. The van der Waals surface area contributed by atoms with Gasteiger partial charge in [0, 0.05) is 12.7 Å². The maximum atomic E-state index is 13.6. The number of amides is 3. The molecule has 0 radical (unpaired) electrons. The number of nitrogens with zero attached hydrogens (tertiary/aromatic N) is 1. The molecule has 1 heterocycles. The number of alkyl carbamates (subject to hydrolysis) is 1. The van der Waals surface area contributed by atoms with Gasteiger partial charge in [0.05, 0.1) is 0 Å². The van der Waals surface area contributed by atoms with E-state index in [0.717, 1.165) is 17.9 Å². The standard InChI is InChI=1S/C30H49N5O4/c1-6-19(2)26(35-29(38)39-30(3,4)5)28(37)34-24(27(36)33-18-20-14-15-25(31)32-17-20)16-22-12-9-11-21-10-7-8-13-23(21)22/h14-15,17,19,21-24,26H,6-13,16,18H2,1-5H3,(H2,31,32)(H,33,36)(H,34,37)(H,35,38)/t19-,21+,22+,23+,24+,26-/m1/s1. The number of anilines is 1. The predicted octanol–water partition coefficient (Wildman–Crippen LogP) is 4.70. The number of nitrogens with one attached hydrogen (secondary N) is 3. The van der Waals surface area contributed by atoms with Crippen molar-refractivity contribution < 1.29 is 19.1 Å². The highest BCUT2D eigenvalue weighted by Crippen LogP contribution is 2.45. The summed E-state index contributed by atoms with van der Waals surface area (Å²) in [5.41, 5.74) is 5.84. The Balaban J connectivity index is 1.75. The van der Waals surface area contributed by atoms with Crippen LogP contribution in [0.1, 0.15) is 98.0 Å². The lowest BCUT2D eigenvalue weighted by Gasteiger charge is -2.42. The van der Waals surface area contributed by atoms with Gasteiger partial charge >= 0.3 is 6.09 Å². The Labute approximate surface area is 233 Å². The van der Waals surface area contributed by atoms with Gasteiger partial charge in [-0.05, 0) is 68.9 Å². The molecule has 5 N–H and O–H groups in total. The van der Waals surface area contributed by atoms with Crippen LogP contribution in [0.15, 0.2) is 18.3 Å². The number of fused-ring (bicyclic) bond motifs is 1. The number of pyridine rings is 1. The Kier molecular flexibility index (Phi) is 11.0. The first kappa shape index (κ1) is 30.7. The van der Waals surface area contributed by atoms with Crippen LogP contribution in [0.25, 0.3) is 0 Å². The summed E-state index contributed by atoms with van der Waals surface area (Å²) in [6.07, 6.45) is 10.8. The summed E-state index contributed by atoms with van der Waals surface area (Å²) in [7, 11) is 0. The average molecular weight is 544 g/mol. The summed E-state index contributed by atoms with van der Waals surface area (Å²) in [5, 5.41) is 8.78. The van der Waals surface area contributed by atoms with Crippen molar-refractivity contribution in [2.45, 2.75) is 117 Å². The van der Waals surface area contributed by atoms with Crippen molar-refractivity contribution in [1.82, 2.24) is 20.9 Å². The molecular formula is C30H49N5O4. The summed E-state index contributed by atoms with van der Waals surface area (Å²) in [4.78, 5) is 43.8. The van der Waals surface area contributed by atoms with Crippen molar-refractivity contribution in [1.29, 1.82) is 0 Å². The van der Waals surface area contributed by atoms with Crippen LogP contribution in [0, 0.1) is 23.7 Å². The highest BCUT2D eigenvalue weighted by molar-refractivity contribution is 5.91. The van der Waals surface area contributed by atoms with E-state index in [2.05, 4.69) is 20.9 Å². The number of carbonyl (C=O) groups excluding carboxylic acids is 3. The number of ether oxygens (including phenoxy) is 1. The van der Waals surface area contributed by atoms with Crippen LogP contribution >= 0.6 is 0 Å². The second-order valence-electron chi connectivity index (χ2n) is 12.5. The van der Waals surface area contributed by atoms with Gasteiger partial charge in [0.2, 0.25) is 11.8 Å². The molecule has 3 rings (SSSR count). The van der Waals surface area contributed by atoms with Crippen LogP contribution in [0.2, 0.25) is 0 Å². The Hall–Kier alpha value is -2.84. The van der Waals surface area contributed by atoms with Crippen molar-refractivity contribution >= 4 is 23.7 Å². The number of nitrogens with two attached hydrogens (primary N) is 1. The minimum atomic E-state index is -0.810. The Morgan fingerprint density at radius 3 is 2.44 bits per heavy atom. The molecule has 9 heteroatoms. The van der Waals surface area contributed by atoms with E-state index in [1.54, 1.807) is 33.0 Å². The van der Waals surface area contributed by atoms with Crippen LogP contribution in [-0.2, 0) is 20.9 Å². The highest BCUT2D eigenvalue weighted by Gasteiger charge is 2.38. The Morgan fingerprint density at radius 2 is 1.77 bits per heavy atom. The number of aromatic nitrogens is 1. The highest BCUT2D eigenvalue weighted by atomic mass is 16.6. The summed E-state index contributed by atoms with van der Waals surface area (Å²) in [6, 6.07) is 2.02. The van der Waals surface area contributed by atoms with Crippen molar-refractivity contribution in [2.75, 3.05) is 5.73 Å². The van der Waals surface area contributed by atoms with Crippen LogP contribution in [-0.4, -0.2) is 40.6 Å². The minimum absolute atomic E-state index is 0.139. The SMILES string of the molecule is CC[C@@H](C)[C@@H](NC(=O)OC(C)(C)C)C(=O)N[C@@H](C[C@@H]1CCC[C@@H]2CCCC[C@@H]21)C(=O)NCc1ccc(N)nc1. The summed E-state index contributed by atoms with van der Waals surface area (Å²) in [6.45, 7) is 9.52. The number of hydrogen-bond donors (Lipinski definition) is 4. The first-order valence-corrected chi connectivity index (χ1v) is 14.7. The van der Waals surface area contributed by atoms with Crippen LogP contribution in [0.3, 0.4) is 0 Å². The summed E-state index contributed by atoms with van der Waals surface area (Å²) in [5.74, 6) is 1.41. The molecule has 3 amide bonds. The second-order valence-corrected chi connectivity index (χ2v) is 12.5. The van der Waals surface area contributed by atoms with Crippen LogP contribution in [0.4, 0.5) is 10.6 Å². The first-order chi connectivity index (χ1) is 18.5. The summed E-state index contributed by atoms with van der Waals surface area (Å²) >= 11 is 0. The number of nitrogen functional groups attached to an aromatic ring is 1. The monoisotopic (exact) mass is 543 g/mol. The lowest BCUT2D eigenvalue weighted by molar-refractivity contribution is -0.131. The quantitative estimate of drug-likeness (QED) is 0.338. The van der Waals surface area contributed by atoms with Crippen LogP contribution in [0.5, 0.6) is 0 Å². The first-order valence-electron chi connectivity index (χ1n) is 14.7. The molecule has 2 aliphatic carbocycles. The molecule has 0 bridgehead atoms. The molecule has 2 aliphatic rings. The summed E-state index contributed by atoms with van der Waals surface area (Å²) < 4.78 is 5.42. The maximum Gasteiger partial charge on any atom is 0.408 e. The van der Waals surface area contributed by atoms with Gasteiger partial charge in [0.15, 0.2) is 0 Å². The van der Waals surface area contributed by atoms with Crippen molar-refractivity contribution in [3.05, 3.63) is 23.9 Å². The third kappa shape index (κ3) is 9.39. The molecule has 0 aromatic carbocycles. The van der Waals surface area contributed by atoms with Crippen molar-refractivity contribution in [2.24, 2.45) is 23.7 Å². The average Bonchev–Trinajstić information content (AvgIpc) is 2.89. The zero-order chi connectivity index (χ0) is 28.6. The predicted molar refractivity (Wildman–Crippen MR) is 152 cm³/mol. The van der Waals surface area contributed by atoms with E-state index in [0.29, 0.717) is 37.0 Å². The van der Waals surface area contributed by atoms with Gasteiger partial charge in [0.1, 0.15) is 23.5 Å². The van der Waals surface area contributed by atoms with Gasteiger partial charge in [-0.25, -0.2) is 9.78 Å². The van der Waals surface area contributed by atoms with E-state index in [4.69, 9.17) is 10.5 Å². The smallest absolute Gasteiger partial charge is 0.408 e. The number of carbonyl (C=O) groups is 3. The topological polar surface area (TPSA) is 135 Å². The van der Waals surface area contributed by atoms with E-state index in [9.17, 15) is 14.4 Å². The molecular weight excluding hydrogens is 494 g/mol.